The summed E-state index contributed by atoms with van der Waals surface area (Å²) in [6.07, 6.45) is 0. The molecule has 1 aromatic rings. The summed E-state index contributed by atoms with van der Waals surface area (Å²) in [5, 5.41) is 7.05. The standard InChI is InChI=1S/C15H23N3O2S/c1-12-3-5-13(6-4-12)11-21-8-7-18-15(20)10-17-9-14(19)16-2/h3-6,17H,7-11H2,1-2H3,(H,16,19)(H,18,20)/p+1. The largest absolute Gasteiger partial charge is 0.354 e. The van der Waals surface area contributed by atoms with Crippen molar-refractivity contribution in [3.05, 3.63) is 35.4 Å². The van der Waals surface area contributed by atoms with Gasteiger partial charge in [0.1, 0.15) is 0 Å². The number of rotatable bonds is 9. The predicted octanol–water partition coefficient (Wildman–Crippen LogP) is -0.346. The van der Waals surface area contributed by atoms with Crippen molar-refractivity contribution in [1.82, 2.24) is 10.6 Å². The number of carbonyl (C=O) groups excluding carboxylic acids is 2. The van der Waals surface area contributed by atoms with Crippen LogP contribution in [0.25, 0.3) is 0 Å². The normalized spacial score (nSPS) is 10.2. The molecule has 0 heterocycles. The molecule has 116 valence electrons. The molecule has 0 aliphatic rings. The molecule has 0 aromatic heterocycles. The van der Waals surface area contributed by atoms with Crippen molar-refractivity contribution >= 4 is 23.6 Å². The first-order chi connectivity index (χ1) is 10.1. The maximum absolute atomic E-state index is 11.5. The van der Waals surface area contributed by atoms with Crippen molar-refractivity contribution < 1.29 is 14.9 Å². The van der Waals surface area contributed by atoms with Crippen molar-refractivity contribution in [3.8, 4) is 0 Å². The highest BCUT2D eigenvalue weighted by Crippen LogP contribution is 2.12. The summed E-state index contributed by atoms with van der Waals surface area (Å²) >= 11 is 1.80. The number of likely N-dealkylation sites (N-methyl/N-ethyl adjacent to an activating group) is 1. The number of thioether (sulfide) groups is 1. The first kappa shape index (κ1) is 17.5. The van der Waals surface area contributed by atoms with E-state index in [-0.39, 0.29) is 24.9 Å². The molecule has 0 aliphatic heterocycles. The van der Waals surface area contributed by atoms with Crippen LogP contribution in [0.4, 0.5) is 0 Å². The van der Waals surface area contributed by atoms with Crippen LogP contribution in [-0.2, 0) is 15.3 Å². The topological polar surface area (TPSA) is 74.8 Å². The molecule has 1 aromatic carbocycles. The monoisotopic (exact) mass is 310 g/mol. The molecule has 0 saturated carbocycles. The van der Waals surface area contributed by atoms with Gasteiger partial charge in [0.25, 0.3) is 11.8 Å². The minimum atomic E-state index is -0.0727. The smallest absolute Gasteiger partial charge is 0.275 e. The highest BCUT2D eigenvalue weighted by molar-refractivity contribution is 7.98. The number of quaternary nitrogens is 1. The van der Waals surface area contributed by atoms with E-state index < -0.39 is 0 Å². The van der Waals surface area contributed by atoms with Crippen LogP contribution < -0.4 is 16.0 Å². The number of carbonyl (C=O) groups is 2. The quantitative estimate of drug-likeness (QED) is 0.546. The molecule has 5 nitrogen and oxygen atoms in total. The van der Waals surface area contributed by atoms with E-state index in [0.717, 1.165) is 11.5 Å². The van der Waals surface area contributed by atoms with Gasteiger partial charge in [-0.05, 0) is 12.5 Å². The molecule has 0 spiro atoms. The first-order valence-corrected chi connectivity index (χ1v) is 8.19. The lowest BCUT2D eigenvalue weighted by Gasteiger charge is -2.05. The van der Waals surface area contributed by atoms with E-state index in [1.54, 1.807) is 24.1 Å². The molecular weight excluding hydrogens is 286 g/mol. The Kier molecular flexibility index (Phi) is 8.54. The Hall–Kier alpha value is -1.53. The second kappa shape index (κ2) is 10.2. The van der Waals surface area contributed by atoms with Crippen LogP contribution in [0.2, 0.25) is 0 Å². The van der Waals surface area contributed by atoms with E-state index in [1.807, 2.05) is 0 Å². The fraction of sp³-hybridized carbons (Fsp3) is 0.467. The average Bonchev–Trinajstić information content (AvgIpc) is 2.48. The minimum absolute atomic E-state index is 0.0326. The van der Waals surface area contributed by atoms with Gasteiger partial charge < -0.3 is 16.0 Å². The van der Waals surface area contributed by atoms with Gasteiger partial charge in [0.05, 0.1) is 0 Å². The first-order valence-electron chi connectivity index (χ1n) is 7.04. The van der Waals surface area contributed by atoms with Gasteiger partial charge in [-0.1, -0.05) is 29.8 Å². The summed E-state index contributed by atoms with van der Waals surface area (Å²) in [6, 6.07) is 8.49. The molecule has 0 unspecified atom stereocenters. The number of hydrogen-bond acceptors (Lipinski definition) is 3. The maximum atomic E-state index is 11.5. The summed E-state index contributed by atoms with van der Waals surface area (Å²) in [6.45, 7) is 3.30. The molecule has 4 N–H and O–H groups in total. The van der Waals surface area contributed by atoms with E-state index in [4.69, 9.17) is 0 Å². The predicted molar refractivity (Wildman–Crippen MR) is 86.1 cm³/mol. The number of benzene rings is 1. The number of aryl methyl sites for hydroxylation is 1. The van der Waals surface area contributed by atoms with Crippen molar-refractivity contribution in [3.63, 3.8) is 0 Å². The molecule has 6 heteroatoms. The zero-order valence-corrected chi connectivity index (χ0v) is 13.5. The van der Waals surface area contributed by atoms with Crippen LogP contribution in [0.1, 0.15) is 11.1 Å². The van der Waals surface area contributed by atoms with Crippen LogP contribution in [0.5, 0.6) is 0 Å². The highest BCUT2D eigenvalue weighted by atomic mass is 32.2. The lowest BCUT2D eigenvalue weighted by molar-refractivity contribution is -0.633. The summed E-state index contributed by atoms with van der Waals surface area (Å²) in [4.78, 5) is 22.5. The lowest BCUT2D eigenvalue weighted by atomic mass is 10.2. The maximum Gasteiger partial charge on any atom is 0.275 e. The van der Waals surface area contributed by atoms with Gasteiger partial charge in [-0.3, -0.25) is 9.59 Å². The van der Waals surface area contributed by atoms with E-state index >= 15 is 0 Å². The molecule has 21 heavy (non-hydrogen) atoms. The van der Waals surface area contributed by atoms with Crippen molar-refractivity contribution in [2.45, 2.75) is 12.7 Å². The van der Waals surface area contributed by atoms with Crippen LogP contribution in [-0.4, -0.2) is 44.2 Å². The van der Waals surface area contributed by atoms with E-state index in [1.165, 1.54) is 11.1 Å². The second-order valence-electron chi connectivity index (χ2n) is 4.76. The lowest BCUT2D eigenvalue weighted by Crippen LogP contribution is -2.88. The van der Waals surface area contributed by atoms with Gasteiger partial charge in [-0.2, -0.15) is 11.8 Å². The van der Waals surface area contributed by atoms with Crippen LogP contribution in [0, 0.1) is 6.92 Å². The van der Waals surface area contributed by atoms with Gasteiger partial charge in [0, 0.05) is 25.1 Å². The van der Waals surface area contributed by atoms with E-state index in [0.29, 0.717) is 6.54 Å². The SMILES string of the molecule is CNC(=O)C[NH2+]CC(=O)NCCSCc1ccc(C)cc1. The molecule has 0 bridgehead atoms. The zero-order chi connectivity index (χ0) is 15.5. The number of amides is 2. The van der Waals surface area contributed by atoms with Crippen molar-refractivity contribution in [2.24, 2.45) is 0 Å². The van der Waals surface area contributed by atoms with Crippen LogP contribution in [0.15, 0.2) is 24.3 Å². The average molecular weight is 310 g/mol. The Labute approximate surface area is 130 Å². The summed E-state index contributed by atoms with van der Waals surface area (Å²) in [7, 11) is 1.58. The van der Waals surface area contributed by atoms with Gasteiger partial charge in [-0.25, -0.2) is 0 Å². The zero-order valence-electron chi connectivity index (χ0n) is 12.6. The number of nitrogens with one attached hydrogen (secondary N) is 2. The van der Waals surface area contributed by atoms with Crippen molar-refractivity contribution in [2.75, 3.05) is 32.4 Å². The highest BCUT2D eigenvalue weighted by Gasteiger charge is 2.05. The number of nitrogens with two attached hydrogens (primary N) is 1. The van der Waals surface area contributed by atoms with Gasteiger partial charge in [0.15, 0.2) is 13.1 Å². The van der Waals surface area contributed by atoms with E-state index in [9.17, 15) is 9.59 Å². The Morgan fingerprint density at radius 1 is 1.14 bits per heavy atom. The molecular formula is C15H24N3O2S+. The fourth-order valence-electron chi connectivity index (χ4n) is 1.65. The molecule has 0 radical (unpaired) electrons. The summed E-state index contributed by atoms with van der Waals surface area (Å²) in [5.74, 6) is 1.74. The third kappa shape index (κ3) is 8.37. The van der Waals surface area contributed by atoms with Crippen LogP contribution in [0.3, 0.4) is 0 Å². The molecule has 0 aliphatic carbocycles. The summed E-state index contributed by atoms with van der Waals surface area (Å²) < 4.78 is 0. The Morgan fingerprint density at radius 2 is 1.81 bits per heavy atom. The molecule has 0 atom stereocenters. The summed E-state index contributed by atoms with van der Waals surface area (Å²) in [5.41, 5.74) is 2.57. The van der Waals surface area contributed by atoms with Crippen molar-refractivity contribution in [1.29, 1.82) is 0 Å². The third-order valence-electron chi connectivity index (χ3n) is 2.90. The van der Waals surface area contributed by atoms with Gasteiger partial charge in [0.2, 0.25) is 0 Å². The third-order valence-corrected chi connectivity index (χ3v) is 3.93. The number of hydrogen-bond donors (Lipinski definition) is 3. The molecule has 2 amide bonds. The molecule has 0 saturated heterocycles. The minimum Gasteiger partial charge on any atom is -0.354 e. The Bertz CT molecular complexity index is 449. The van der Waals surface area contributed by atoms with Gasteiger partial charge >= 0.3 is 0 Å². The Morgan fingerprint density at radius 3 is 2.48 bits per heavy atom. The fourth-order valence-corrected chi connectivity index (χ4v) is 2.46. The van der Waals surface area contributed by atoms with E-state index in [2.05, 4.69) is 41.8 Å². The molecule has 1 rings (SSSR count). The molecule has 0 fully saturated rings. The Balaban J connectivity index is 2.02. The van der Waals surface area contributed by atoms with Crippen LogP contribution >= 0.6 is 11.8 Å². The second-order valence-corrected chi connectivity index (χ2v) is 5.86. The van der Waals surface area contributed by atoms with Gasteiger partial charge in [-0.15, -0.1) is 0 Å².